The second-order valence-electron chi connectivity index (χ2n) is 4.16. The van der Waals surface area contributed by atoms with Crippen molar-refractivity contribution in [3.8, 4) is 5.75 Å². The van der Waals surface area contributed by atoms with E-state index in [-0.39, 0.29) is 0 Å². The van der Waals surface area contributed by atoms with Crippen LogP contribution in [0.15, 0.2) is 18.2 Å². The molecule has 0 saturated heterocycles. The summed E-state index contributed by atoms with van der Waals surface area (Å²) in [6.45, 7) is 3.17. The van der Waals surface area contributed by atoms with Crippen molar-refractivity contribution < 1.29 is 4.74 Å². The van der Waals surface area contributed by atoms with Gasteiger partial charge in [0.1, 0.15) is 5.75 Å². The molecule has 2 N–H and O–H groups in total. The van der Waals surface area contributed by atoms with Crippen molar-refractivity contribution >= 4 is 0 Å². The second kappa shape index (κ2) is 7.30. The molecule has 0 aliphatic rings. The topological polar surface area (TPSA) is 33.3 Å². The highest BCUT2D eigenvalue weighted by atomic mass is 16.5. The summed E-state index contributed by atoms with van der Waals surface area (Å²) in [5, 5.41) is 6.55. The van der Waals surface area contributed by atoms with Crippen LogP contribution in [-0.2, 0) is 6.42 Å². The lowest BCUT2D eigenvalue weighted by atomic mass is 9.99. The largest absolute Gasteiger partial charge is 0.496 e. The second-order valence-corrected chi connectivity index (χ2v) is 4.16. The van der Waals surface area contributed by atoms with Crippen LogP contribution in [0, 0.1) is 0 Å². The third-order valence-electron chi connectivity index (χ3n) is 3.11. The molecule has 0 spiro atoms. The lowest BCUT2D eigenvalue weighted by Gasteiger charge is -2.20. The molecule has 0 saturated carbocycles. The Balaban J connectivity index is 2.97. The first-order valence-corrected chi connectivity index (χ1v) is 6.25. The third-order valence-corrected chi connectivity index (χ3v) is 3.11. The van der Waals surface area contributed by atoms with Crippen LogP contribution in [0.25, 0.3) is 0 Å². The molecule has 0 amide bonds. The zero-order valence-corrected chi connectivity index (χ0v) is 11.3. The summed E-state index contributed by atoms with van der Waals surface area (Å²) < 4.78 is 5.45. The van der Waals surface area contributed by atoms with Crippen LogP contribution in [0.4, 0.5) is 0 Å². The van der Waals surface area contributed by atoms with E-state index in [1.165, 1.54) is 11.1 Å². The highest BCUT2D eigenvalue weighted by Crippen LogP contribution is 2.28. The van der Waals surface area contributed by atoms with Gasteiger partial charge in [-0.1, -0.05) is 19.1 Å². The van der Waals surface area contributed by atoms with Gasteiger partial charge in [0.15, 0.2) is 0 Å². The molecule has 1 atom stereocenters. The van der Waals surface area contributed by atoms with E-state index < -0.39 is 0 Å². The molecule has 0 aromatic heterocycles. The van der Waals surface area contributed by atoms with Crippen LogP contribution in [-0.4, -0.2) is 27.7 Å². The minimum Gasteiger partial charge on any atom is -0.496 e. The fourth-order valence-corrected chi connectivity index (χ4v) is 2.02. The summed E-state index contributed by atoms with van der Waals surface area (Å²) in [4.78, 5) is 0. The van der Waals surface area contributed by atoms with Crippen LogP contribution in [0.3, 0.4) is 0 Å². The van der Waals surface area contributed by atoms with Gasteiger partial charge in [-0.2, -0.15) is 0 Å². The summed E-state index contributed by atoms with van der Waals surface area (Å²) in [5.74, 6) is 0.970. The molecule has 1 aromatic rings. The van der Waals surface area contributed by atoms with Gasteiger partial charge in [0.05, 0.1) is 7.11 Å². The highest BCUT2D eigenvalue weighted by Gasteiger charge is 2.14. The van der Waals surface area contributed by atoms with Crippen molar-refractivity contribution in [1.82, 2.24) is 10.6 Å². The Hall–Kier alpha value is -1.06. The number of hydrogen-bond donors (Lipinski definition) is 2. The van der Waals surface area contributed by atoms with Gasteiger partial charge in [-0.05, 0) is 45.1 Å². The van der Waals surface area contributed by atoms with Crippen LogP contribution in [0.1, 0.15) is 30.5 Å². The van der Waals surface area contributed by atoms with E-state index in [1.807, 2.05) is 14.1 Å². The van der Waals surface area contributed by atoms with Gasteiger partial charge in [0.25, 0.3) is 0 Å². The molecular weight excluding hydrogens is 212 g/mol. The van der Waals surface area contributed by atoms with Crippen molar-refractivity contribution in [3.05, 3.63) is 29.3 Å². The first-order chi connectivity index (χ1) is 8.26. The number of nitrogens with one attached hydrogen (secondary N) is 2. The average Bonchev–Trinajstić information content (AvgIpc) is 2.39. The van der Waals surface area contributed by atoms with E-state index in [4.69, 9.17) is 4.74 Å². The molecular formula is C14H24N2O. The van der Waals surface area contributed by atoms with E-state index in [1.54, 1.807) is 7.11 Å². The Kier molecular flexibility index (Phi) is 6.01. The Morgan fingerprint density at radius 2 is 2.06 bits per heavy atom. The Morgan fingerprint density at radius 1 is 1.29 bits per heavy atom. The van der Waals surface area contributed by atoms with Crippen LogP contribution < -0.4 is 15.4 Å². The van der Waals surface area contributed by atoms with Gasteiger partial charge in [-0.25, -0.2) is 0 Å². The molecule has 0 bridgehead atoms. The molecule has 0 radical (unpaired) electrons. The van der Waals surface area contributed by atoms with Gasteiger partial charge < -0.3 is 15.4 Å². The third kappa shape index (κ3) is 3.72. The smallest absolute Gasteiger partial charge is 0.123 e. The summed E-state index contributed by atoms with van der Waals surface area (Å²) in [6, 6.07) is 6.78. The van der Waals surface area contributed by atoms with Crippen LogP contribution in [0.2, 0.25) is 0 Å². The SMILES string of the molecule is CCc1ccc(OC)c(C(CCNC)NC)c1. The zero-order valence-electron chi connectivity index (χ0n) is 11.3. The first-order valence-electron chi connectivity index (χ1n) is 6.25. The molecule has 0 fully saturated rings. The average molecular weight is 236 g/mol. The molecule has 1 aromatic carbocycles. The molecule has 1 unspecified atom stereocenters. The Bertz CT molecular complexity index is 339. The standard InChI is InChI=1S/C14H24N2O/c1-5-11-6-7-14(17-4)12(10-11)13(16-3)8-9-15-2/h6-7,10,13,15-16H,5,8-9H2,1-4H3. The molecule has 17 heavy (non-hydrogen) atoms. The number of hydrogen-bond acceptors (Lipinski definition) is 3. The van der Waals surface area contributed by atoms with Crippen molar-refractivity contribution in [3.63, 3.8) is 0 Å². The van der Waals surface area contributed by atoms with Gasteiger partial charge in [-0.15, -0.1) is 0 Å². The predicted octanol–water partition coefficient (Wildman–Crippen LogP) is 2.13. The van der Waals surface area contributed by atoms with E-state index in [0.29, 0.717) is 6.04 Å². The summed E-state index contributed by atoms with van der Waals surface area (Å²) >= 11 is 0. The van der Waals surface area contributed by atoms with Crippen molar-refractivity contribution in [2.45, 2.75) is 25.8 Å². The van der Waals surface area contributed by atoms with Crippen LogP contribution in [0.5, 0.6) is 5.75 Å². The van der Waals surface area contributed by atoms with E-state index >= 15 is 0 Å². The van der Waals surface area contributed by atoms with Crippen molar-refractivity contribution in [2.24, 2.45) is 0 Å². The molecule has 3 heteroatoms. The summed E-state index contributed by atoms with van der Waals surface area (Å²) in [6.07, 6.45) is 2.11. The lowest BCUT2D eigenvalue weighted by Crippen LogP contribution is -2.22. The first kappa shape index (κ1) is 14.0. The highest BCUT2D eigenvalue weighted by molar-refractivity contribution is 5.39. The maximum Gasteiger partial charge on any atom is 0.123 e. The normalized spacial score (nSPS) is 12.5. The van der Waals surface area contributed by atoms with Gasteiger partial charge >= 0.3 is 0 Å². The monoisotopic (exact) mass is 236 g/mol. The Labute approximate surface area is 105 Å². The number of rotatable bonds is 7. The number of ether oxygens (including phenoxy) is 1. The lowest BCUT2D eigenvalue weighted by molar-refractivity contribution is 0.398. The quantitative estimate of drug-likeness (QED) is 0.761. The number of aryl methyl sites for hydroxylation is 1. The molecule has 3 nitrogen and oxygen atoms in total. The minimum absolute atomic E-state index is 0.337. The van der Waals surface area contributed by atoms with Gasteiger partial charge in [-0.3, -0.25) is 0 Å². The number of benzene rings is 1. The van der Waals surface area contributed by atoms with Gasteiger partial charge in [0.2, 0.25) is 0 Å². The maximum atomic E-state index is 5.45. The number of methoxy groups -OCH3 is 1. The van der Waals surface area contributed by atoms with E-state index in [0.717, 1.165) is 25.1 Å². The zero-order chi connectivity index (χ0) is 12.7. The molecule has 0 aliphatic carbocycles. The molecule has 96 valence electrons. The van der Waals surface area contributed by atoms with E-state index in [2.05, 4.69) is 35.8 Å². The van der Waals surface area contributed by atoms with Gasteiger partial charge in [0, 0.05) is 11.6 Å². The summed E-state index contributed by atoms with van der Waals surface area (Å²) in [5.41, 5.74) is 2.61. The summed E-state index contributed by atoms with van der Waals surface area (Å²) in [7, 11) is 5.71. The maximum absolute atomic E-state index is 5.45. The minimum atomic E-state index is 0.337. The predicted molar refractivity (Wildman–Crippen MR) is 72.7 cm³/mol. The molecule has 1 rings (SSSR count). The van der Waals surface area contributed by atoms with E-state index in [9.17, 15) is 0 Å². The molecule has 0 heterocycles. The van der Waals surface area contributed by atoms with Crippen molar-refractivity contribution in [1.29, 1.82) is 0 Å². The van der Waals surface area contributed by atoms with Crippen molar-refractivity contribution in [2.75, 3.05) is 27.7 Å². The molecule has 0 aliphatic heterocycles. The fraction of sp³-hybridized carbons (Fsp3) is 0.571. The fourth-order valence-electron chi connectivity index (χ4n) is 2.02. The Morgan fingerprint density at radius 3 is 2.59 bits per heavy atom. The van der Waals surface area contributed by atoms with Crippen LogP contribution >= 0.6 is 0 Å².